The van der Waals surface area contributed by atoms with Crippen molar-refractivity contribution in [1.82, 2.24) is 24.6 Å². The third-order valence-electron chi connectivity index (χ3n) is 8.02. The fraction of sp³-hybridized carbons (Fsp3) is 0.182. The summed E-state index contributed by atoms with van der Waals surface area (Å²) in [7, 11) is 0. The average molecular weight is 588 g/mol. The van der Waals surface area contributed by atoms with E-state index in [9.17, 15) is 9.59 Å². The van der Waals surface area contributed by atoms with Crippen LogP contribution in [0.1, 0.15) is 29.2 Å². The summed E-state index contributed by atoms with van der Waals surface area (Å²) in [5.41, 5.74) is 11.2. The summed E-state index contributed by atoms with van der Waals surface area (Å²) in [5, 5.41) is 8.50. The Balaban J connectivity index is 1.21. The molecule has 3 N–H and O–H groups in total. The number of carbonyl (C=O) groups is 2. The van der Waals surface area contributed by atoms with Crippen molar-refractivity contribution >= 4 is 34.4 Å². The highest BCUT2D eigenvalue weighted by atomic mass is 16.7. The molecule has 44 heavy (non-hydrogen) atoms. The molecular formula is C33H29N7O4. The van der Waals surface area contributed by atoms with E-state index in [0.717, 1.165) is 24.0 Å². The Morgan fingerprint density at radius 2 is 1.75 bits per heavy atom. The van der Waals surface area contributed by atoms with Gasteiger partial charge in [-0.15, -0.1) is 0 Å². The molecule has 2 aliphatic rings. The van der Waals surface area contributed by atoms with Crippen LogP contribution in [0.5, 0.6) is 11.5 Å². The van der Waals surface area contributed by atoms with Gasteiger partial charge in [-0.2, -0.15) is 5.10 Å². The number of carbonyl (C=O) groups excluding carboxylic acids is 2. The topological polar surface area (TPSA) is 137 Å². The molecule has 2 aliphatic heterocycles. The summed E-state index contributed by atoms with van der Waals surface area (Å²) < 4.78 is 13.6. The molecule has 11 nitrogen and oxygen atoms in total. The smallest absolute Gasteiger partial charge is 0.255 e. The van der Waals surface area contributed by atoms with Gasteiger partial charge in [-0.3, -0.25) is 9.59 Å². The second-order valence-corrected chi connectivity index (χ2v) is 10.7. The zero-order chi connectivity index (χ0) is 30.2. The van der Waals surface area contributed by atoms with Crippen molar-refractivity contribution in [2.75, 3.05) is 30.9 Å². The number of hydrogen-bond acceptors (Lipinski definition) is 8. The van der Waals surface area contributed by atoms with Gasteiger partial charge < -0.3 is 25.4 Å². The maximum absolute atomic E-state index is 13.2. The van der Waals surface area contributed by atoms with E-state index in [1.165, 1.54) is 12.4 Å². The lowest BCUT2D eigenvalue weighted by Gasteiger charge is -2.32. The highest BCUT2D eigenvalue weighted by molar-refractivity contribution is 6.06. The number of nitrogens with zero attached hydrogens (tertiary/aromatic N) is 5. The molecule has 5 aromatic rings. The van der Waals surface area contributed by atoms with Gasteiger partial charge in [-0.05, 0) is 54.3 Å². The highest BCUT2D eigenvalue weighted by Gasteiger charge is 2.31. The Morgan fingerprint density at radius 1 is 0.977 bits per heavy atom. The van der Waals surface area contributed by atoms with Crippen molar-refractivity contribution in [2.45, 2.75) is 18.9 Å². The molecule has 0 aliphatic carbocycles. The Labute approximate surface area is 252 Å². The van der Waals surface area contributed by atoms with Gasteiger partial charge in [-0.25, -0.2) is 14.6 Å². The Bertz CT molecular complexity index is 1900. The van der Waals surface area contributed by atoms with Crippen LogP contribution in [0.3, 0.4) is 0 Å². The van der Waals surface area contributed by atoms with Crippen molar-refractivity contribution in [3.8, 4) is 33.9 Å². The van der Waals surface area contributed by atoms with E-state index < -0.39 is 0 Å². The molecule has 2 amide bonds. The van der Waals surface area contributed by atoms with Gasteiger partial charge in [-0.1, -0.05) is 49.0 Å². The molecule has 2 aromatic heterocycles. The quantitative estimate of drug-likeness (QED) is 0.263. The first-order valence-electron chi connectivity index (χ1n) is 14.3. The normalized spacial score (nSPS) is 15.7. The number of piperidine rings is 1. The molecule has 0 saturated carbocycles. The number of nitrogen functional groups attached to an aromatic ring is 1. The van der Waals surface area contributed by atoms with Gasteiger partial charge in [0.15, 0.2) is 17.1 Å². The van der Waals surface area contributed by atoms with Crippen LogP contribution in [0.15, 0.2) is 85.7 Å². The van der Waals surface area contributed by atoms with Crippen LogP contribution in [-0.4, -0.2) is 56.3 Å². The minimum absolute atomic E-state index is 0.0210. The number of hydrogen-bond donors (Lipinski definition) is 2. The number of likely N-dealkylation sites (tertiary alicyclic amines) is 1. The second-order valence-electron chi connectivity index (χ2n) is 10.7. The largest absolute Gasteiger partial charge is 0.453 e. The van der Waals surface area contributed by atoms with Crippen LogP contribution in [0.4, 0.5) is 11.5 Å². The summed E-state index contributed by atoms with van der Waals surface area (Å²) in [6.45, 7) is 4.74. The molecule has 3 aromatic carbocycles. The number of ether oxygens (including phenoxy) is 2. The average Bonchev–Trinajstić information content (AvgIpc) is 3.72. The van der Waals surface area contributed by atoms with Crippen LogP contribution in [0, 0.1) is 0 Å². The fourth-order valence-electron chi connectivity index (χ4n) is 5.84. The third-order valence-corrected chi connectivity index (χ3v) is 8.02. The molecule has 0 unspecified atom stereocenters. The molecule has 0 bridgehead atoms. The van der Waals surface area contributed by atoms with Gasteiger partial charge in [0.25, 0.3) is 5.91 Å². The zero-order valence-electron chi connectivity index (χ0n) is 23.8. The molecule has 1 fully saturated rings. The first kappa shape index (κ1) is 27.1. The SMILES string of the molecule is C=CC(=O)N1CCC[C@@H](n2nc(-c3ccc(NC(=O)c4ccc(-c5ccccc5)cc4)c4c3OCO4)c3c(N)ncnc32)C1. The van der Waals surface area contributed by atoms with E-state index in [1.807, 2.05) is 53.2 Å². The van der Waals surface area contributed by atoms with E-state index in [4.69, 9.17) is 20.3 Å². The van der Waals surface area contributed by atoms with Crippen molar-refractivity contribution < 1.29 is 19.1 Å². The van der Waals surface area contributed by atoms with Crippen LogP contribution >= 0.6 is 0 Å². The maximum atomic E-state index is 13.2. The predicted octanol–water partition coefficient (Wildman–Crippen LogP) is 5.07. The lowest BCUT2D eigenvalue weighted by molar-refractivity contribution is -0.127. The molecule has 220 valence electrons. The standard InChI is InChI=1S/C33H29N7O4/c1-2-26(41)39-16-6-9-23(17-39)40-32-27(31(34)35-18-36-32)28(38-40)24-14-15-25(30-29(24)43-19-44-30)37-33(42)22-12-10-21(11-13-22)20-7-4-3-5-8-20/h2-5,7-8,10-15,18,23H,1,6,9,16-17,19H2,(H,37,42)(H2,34,35,36)/t23-/m1/s1. The molecule has 1 atom stereocenters. The Morgan fingerprint density at radius 3 is 2.55 bits per heavy atom. The predicted molar refractivity (Wildman–Crippen MR) is 166 cm³/mol. The van der Waals surface area contributed by atoms with Crippen molar-refractivity contribution in [2.24, 2.45) is 0 Å². The minimum atomic E-state index is -0.279. The van der Waals surface area contributed by atoms with Crippen molar-refractivity contribution in [3.63, 3.8) is 0 Å². The highest BCUT2D eigenvalue weighted by Crippen LogP contribution is 2.48. The summed E-state index contributed by atoms with van der Waals surface area (Å²) >= 11 is 0. The second kappa shape index (κ2) is 11.2. The summed E-state index contributed by atoms with van der Waals surface area (Å²) in [6, 6.07) is 20.9. The Kier molecular flexibility index (Phi) is 6.89. The number of anilines is 2. The third kappa shape index (κ3) is 4.77. The number of amides is 2. The number of nitrogens with two attached hydrogens (primary N) is 1. The van der Waals surface area contributed by atoms with E-state index in [1.54, 1.807) is 23.1 Å². The molecule has 0 radical (unpaired) electrons. The molecular weight excluding hydrogens is 558 g/mol. The molecule has 4 heterocycles. The summed E-state index contributed by atoms with van der Waals surface area (Å²) in [6.07, 6.45) is 4.37. The molecule has 0 spiro atoms. The first-order valence-corrected chi connectivity index (χ1v) is 14.3. The monoisotopic (exact) mass is 587 g/mol. The van der Waals surface area contributed by atoms with Crippen LogP contribution in [-0.2, 0) is 4.79 Å². The number of rotatable bonds is 6. The van der Waals surface area contributed by atoms with Crippen LogP contribution in [0.2, 0.25) is 0 Å². The van der Waals surface area contributed by atoms with Gasteiger partial charge >= 0.3 is 0 Å². The van der Waals surface area contributed by atoms with Gasteiger partial charge in [0.2, 0.25) is 12.7 Å². The zero-order valence-corrected chi connectivity index (χ0v) is 23.8. The van der Waals surface area contributed by atoms with E-state index in [2.05, 4.69) is 21.9 Å². The maximum Gasteiger partial charge on any atom is 0.255 e. The number of fused-ring (bicyclic) bond motifs is 2. The number of benzene rings is 3. The van der Waals surface area contributed by atoms with Crippen molar-refractivity contribution in [3.05, 3.63) is 91.3 Å². The van der Waals surface area contributed by atoms with E-state index in [0.29, 0.717) is 58.1 Å². The number of aromatic nitrogens is 4. The van der Waals surface area contributed by atoms with Gasteiger partial charge in [0.05, 0.1) is 17.1 Å². The van der Waals surface area contributed by atoms with Crippen molar-refractivity contribution in [1.29, 1.82) is 0 Å². The van der Waals surface area contributed by atoms with Crippen LogP contribution in [0.25, 0.3) is 33.4 Å². The summed E-state index contributed by atoms with van der Waals surface area (Å²) in [4.78, 5) is 36.1. The lowest BCUT2D eigenvalue weighted by atomic mass is 10.0. The molecule has 11 heteroatoms. The van der Waals surface area contributed by atoms with E-state index >= 15 is 0 Å². The van der Waals surface area contributed by atoms with Gasteiger partial charge in [0.1, 0.15) is 17.8 Å². The Hall–Kier alpha value is -5.71. The molecule has 7 rings (SSSR count). The summed E-state index contributed by atoms with van der Waals surface area (Å²) in [5.74, 6) is 0.710. The lowest BCUT2D eigenvalue weighted by Crippen LogP contribution is -2.40. The fourth-order valence-corrected chi connectivity index (χ4v) is 5.84. The minimum Gasteiger partial charge on any atom is -0.453 e. The first-order chi connectivity index (χ1) is 21.5. The molecule has 1 saturated heterocycles. The van der Waals surface area contributed by atoms with Gasteiger partial charge in [0, 0.05) is 24.2 Å². The van der Waals surface area contributed by atoms with E-state index in [-0.39, 0.29) is 30.5 Å². The van der Waals surface area contributed by atoms with Crippen LogP contribution < -0.4 is 20.5 Å². The number of nitrogens with one attached hydrogen (secondary N) is 1.